The van der Waals surface area contributed by atoms with Gasteiger partial charge in [-0.2, -0.15) is 0 Å². The van der Waals surface area contributed by atoms with Crippen LogP contribution in [0.1, 0.15) is 18.9 Å². The molecule has 0 aromatic heterocycles. The zero-order valence-electron chi connectivity index (χ0n) is 10.5. The van der Waals surface area contributed by atoms with Crippen LogP contribution in [0.5, 0.6) is 0 Å². The molecule has 0 aliphatic heterocycles. The lowest BCUT2D eigenvalue weighted by molar-refractivity contribution is -0.136. The van der Waals surface area contributed by atoms with Crippen molar-refractivity contribution in [2.75, 3.05) is 17.1 Å². The SMILES string of the molecule is CCc1ccc(N(CCC(=O)O)S(C)(=O)=O)cc1. The van der Waals surface area contributed by atoms with Gasteiger partial charge in [-0.15, -0.1) is 0 Å². The highest BCUT2D eigenvalue weighted by atomic mass is 32.2. The molecule has 1 N–H and O–H groups in total. The first kappa shape index (κ1) is 14.5. The van der Waals surface area contributed by atoms with Crippen molar-refractivity contribution in [1.29, 1.82) is 0 Å². The Kier molecular flexibility index (Phi) is 4.72. The number of carboxylic acids is 1. The summed E-state index contributed by atoms with van der Waals surface area (Å²) in [4.78, 5) is 10.5. The maximum absolute atomic E-state index is 11.6. The summed E-state index contributed by atoms with van der Waals surface area (Å²) in [5, 5.41) is 8.64. The lowest BCUT2D eigenvalue weighted by Gasteiger charge is -2.21. The Morgan fingerprint density at radius 3 is 2.22 bits per heavy atom. The van der Waals surface area contributed by atoms with Gasteiger partial charge in [0.05, 0.1) is 18.4 Å². The lowest BCUT2D eigenvalue weighted by Crippen LogP contribution is -2.32. The van der Waals surface area contributed by atoms with E-state index in [4.69, 9.17) is 5.11 Å². The van der Waals surface area contributed by atoms with Crippen LogP contribution in [-0.2, 0) is 21.2 Å². The minimum absolute atomic E-state index is 0.0559. The lowest BCUT2D eigenvalue weighted by atomic mass is 10.1. The van der Waals surface area contributed by atoms with Crippen LogP contribution in [0, 0.1) is 0 Å². The number of hydrogen-bond donors (Lipinski definition) is 1. The first-order valence-electron chi connectivity index (χ1n) is 5.63. The molecule has 0 aliphatic carbocycles. The van der Waals surface area contributed by atoms with Gasteiger partial charge in [-0.05, 0) is 24.1 Å². The van der Waals surface area contributed by atoms with Crippen molar-refractivity contribution >= 4 is 21.7 Å². The Bertz CT molecular complexity index is 507. The van der Waals surface area contributed by atoms with E-state index in [1.807, 2.05) is 19.1 Å². The molecule has 0 bridgehead atoms. The maximum Gasteiger partial charge on any atom is 0.305 e. The van der Waals surface area contributed by atoms with E-state index < -0.39 is 16.0 Å². The van der Waals surface area contributed by atoms with Crippen LogP contribution in [0.25, 0.3) is 0 Å². The van der Waals surface area contributed by atoms with Gasteiger partial charge in [0, 0.05) is 6.54 Å². The highest BCUT2D eigenvalue weighted by Gasteiger charge is 2.18. The van der Waals surface area contributed by atoms with E-state index in [1.165, 1.54) is 0 Å². The number of benzene rings is 1. The summed E-state index contributed by atoms with van der Waals surface area (Å²) in [5.41, 5.74) is 1.60. The average Bonchev–Trinajstić information content (AvgIpc) is 2.28. The summed E-state index contributed by atoms with van der Waals surface area (Å²) in [6, 6.07) is 7.08. The van der Waals surface area contributed by atoms with E-state index in [1.54, 1.807) is 12.1 Å². The molecule has 18 heavy (non-hydrogen) atoms. The van der Waals surface area contributed by atoms with Gasteiger partial charge >= 0.3 is 5.97 Å². The number of aryl methyl sites for hydroxylation is 1. The molecular weight excluding hydrogens is 254 g/mol. The molecule has 1 aromatic carbocycles. The Labute approximate surface area is 107 Å². The minimum Gasteiger partial charge on any atom is -0.481 e. The largest absolute Gasteiger partial charge is 0.481 e. The van der Waals surface area contributed by atoms with E-state index in [0.717, 1.165) is 22.5 Å². The van der Waals surface area contributed by atoms with Gasteiger partial charge in [-0.1, -0.05) is 19.1 Å². The van der Waals surface area contributed by atoms with Crippen LogP contribution in [-0.4, -0.2) is 32.3 Å². The van der Waals surface area contributed by atoms with Crippen molar-refractivity contribution in [3.8, 4) is 0 Å². The van der Waals surface area contributed by atoms with E-state index in [-0.39, 0.29) is 13.0 Å². The fourth-order valence-corrected chi connectivity index (χ4v) is 2.51. The number of carbonyl (C=O) groups is 1. The molecule has 5 nitrogen and oxygen atoms in total. The molecule has 0 fully saturated rings. The summed E-state index contributed by atoms with van der Waals surface area (Å²) in [5.74, 6) is -1.02. The van der Waals surface area contributed by atoms with Crippen molar-refractivity contribution in [2.45, 2.75) is 19.8 Å². The van der Waals surface area contributed by atoms with Crippen LogP contribution >= 0.6 is 0 Å². The molecule has 6 heteroatoms. The smallest absolute Gasteiger partial charge is 0.305 e. The number of aliphatic carboxylic acids is 1. The third-order valence-corrected chi connectivity index (χ3v) is 3.76. The Morgan fingerprint density at radius 2 is 1.83 bits per heavy atom. The number of sulfonamides is 1. The first-order chi connectivity index (χ1) is 8.34. The Hall–Kier alpha value is -1.56. The van der Waals surface area contributed by atoms with Crippen LogP contribution in [0.2, 0.25) is 0 Å². The highest BCUT2D eigenvalue weighted by Crippen LogP contribution is 2.18. The average molecular weight is 271 g/mol. The summed E-state index contributed by atoms with van der Waals surface area (Å²) in [7, 11) is -3.46. The zero-order chi connectivity index (χ0) is 13.8. The first-order valence-corrected chi connectivity index (χ1v) is 7.48. The van der Waals surface area contributed by atoms with Gasteiger partial charge < -0.3 is 5.11 Å². The Morgan fingerprint density at radius 1 is 1.28 bits per heavy atom. The van der Waals surface area contributed by atoms with Crippen molar-refractivity contribution in [1.82, 2.24) is 0 Å². The maximum atomic E-state index is 11.6. The Balaban J connectivity index is 2.98. The van der Waals surface area contributed by atoms with E-state index >= 15 is 0 Å². The molecule has 0 spiro atoms. The second-order valence-corrected chi connectivity index (χ2v) is 5.91. The van der Waals surface area contributed by atoms with Gasteiger partial charge in [0.25, 0.3) is 0 Å². The van der Waals surface area contributed by atoms with Crippen molar-refractivity contribution < 1.29 is 18.3 Å². The predicted molar refractivity (Wildman–Crippen MR) is 70.3 cm³/mol. The minimum atomic E-state index is -3.46. The molecule has 0 amide bonds. The van der Waals surface area contributed by atoms with Gasteiger partial charge in [0.15, 0.2) is 0 Å². The molecule has 0 saturated carbocycles. The molecule has 1 aromatic rings. The third-order valence-electron chi connectivity index (χ3n) is 2.56. The molecule has 0 heterocycles. The second-order valence-electron chi connectivity index (χ2n) is 4.00. The molecule has 0 atom stereocenters. The van der Waals surface area contributed by atoms with Crippen LogP contribution in [0.3, 0.4) is 0 Å². The summed E-state index contributed by atoms with van der Waals surface area (Å²) >= 11 is 0. The molecule has 1 rings (SSSR count). The van der Waals surface area contributed by atoms with Gasteiger partial charge in [0.1, 0.15) is 0 Å². The normalized spacial score (nSPS) is 11.2. The second kappa shape index (κ2) is 5.86. The number of anilines is 1. The highest BCUT2D eigenvalue weighted by molar-refractivity contribution is 7.92. The van der Waals surface area contributed by atoms with Crippen LogP contribution in [0.15, 0.2) is 24.3 Å². The molecule has 100 valence electrons. The predicted octanol–water partition coefficient (Wildman–Crippen LogP) is 1.49. The summed E-state index contributed by atoms with van der Waals surface area (Å²) in [6.07, 6.45) is 1.72. The zero-order valence-corrected chi connectivity index (χ0v) is 11.3. The van der Waals surface area contributed by atoms with E-state index in [9.17, 15) is 13.2 Å². The molecule has 0 aliphatic rings. The summed E-state index contributed by atoms with van der Waals surface area (Å²) < 4.78 is 24.4. The van der Waals surface area contributed by atoms with Crippen LogP contribution in [0.4, 0.5) is 5.69 Å². The van der Waals surface area contributed by atoms with Crippen molar-refractivity contribution in [2.24, 2.45) is 0 Å². The van der Waals surface area contributed by atoms with Gasteiger partial charge in [0.2, 0.25) is 10.0 Å². The molecule has 0 unspecified atom stereocenters. The molecular formula is C12H17NO4S. The van der Waals surface area contributed by atoms with Crippen LogP contribution < -0.4 is 4.31 Å². The quantitative estimate of drug-likeness (QED) is 0.850. The van der Waals surface area contributed by atoms with Crippen molar-refractivity contribution in [3.05, 3.63) is 29.8 Å². The fourth-order valence-electron chi connectivity index (χ4n) is 1.58. The number of hydrogen-bond acceptors (Lipinski definition) is 3. The van der Waals surface area contributed by atoms with Gasteiger partial charge in [-0.3, -0.25) is 9.10 Å². The number of rotatable bonds is 6. The van der Waals surface area contributed by atoms with E-state index in [2.05, 4.69) is 0 Å². The monoisotopic (exact) mass is 271 g/mol. The van der Waals surface area contributed by atoms with Crippen molar-refractivity contribution in [3.63, 3.8) is 0 Å². The summed E-state index contributed by atoms with van der Waals surface area (Å²) in [6.45, 7) is 1.95. The van der Waals surface area contributed by atoms with E-state index in [0.29, 0.717) is 5.69 Å². The molecule has 0 radical (unpaired) electrons. The van der Waals surface area contributed by atoms with Gasteiger partial charge in [-0.25, -0.2) is 8.42 Å². The fraction of sp³-hybridized carbons (Fsp3) is 0.417. The standard InChI is InChI=1S/C12H17NO4S/c1-3-10-4-6-11(7-5-10)13(18(2,16)17)9-8-12(14)15/h4-7H,3,8-9H2,1-2H3,(H,14,15). The number of carboxylic acid groups (broad SMARTS) is 1. The number of nitrogens with zero attached hydrogens (tertiary/aromatic N) is 1. The topological polar surface area (TPSA) is 74.7 Å². The third kappa shape index (κ3) is 4.03. The molecule has 0 saturated heterocycles.